The van der Waals surface area contributed by atoms with Gasteiger partial charge in [0, 0.05) is 11.1 Å². The second-order valence-corrected chi connectivity index (χ2v) is 15.3. The van der Waals surface area contributed by atoms with Gasteiger partial charge in [-0.15, -0.1) is 0 Å². The topological polar surface area (TPSA) is 3.24 Å². The molecular formula is C52H37N. The molecule has 0 saturated heterocycles. The summed E-state index contributed by atoms with van der Waals surface area (Å²) in [6, 6.07) is 70.1. The zero-order chi connectivity index (χ0) is 35.3. The number of anilines is 3. The Labute approximate surface area is 311 Å². The van der Waals surface area contributed by atoms with Gasteiger partial charge in [0.2, 0.25) is 0 Å². The summed E-state index contributed by atoms with van der Waals surface area (Å²) in [5, 5.41) is 0. The van der Waals surface area contributed by atoms with Crippen molar-refractivity contribution >= 4 is 17.1 Å². The maximum atomic E-state index is 2.50. The maximum Gasteiger partial charge on any atom is 0.0725 e. The first-order valence-electron chi connectivity index (χ1n) is 18.7. The molecule has 8 aromatic rings. The first kappa shape index (κ1) is 30.2. The van der Waals surface area contributed by atoms with Gasteiger partial charge in [0.05, 0.1) is 16.8 Å². The van der Waals surface area contributed by atoms with Crippen molar-refractivity contribution in [1.82, 2.24) is 0 Å². The molecule has 2 aliphatic carbocycles. The molecule has 1 spiro atoms. The maximum absolute atomic E-state index is 2.50. The first-order chi connectivity index (χ1) is 26.0. The third-order valence-electron chi connectivity index (χ3n) is 12.3. The molecule has 0 bridgehead atoms. The lowest BCUT2D eigenvalue weighted by atomic mass is 9.70. The second-order valence-electron chi connectivity index (χ2n) is 15.3. The van der Waals surface area contributed by atoms with E-state index in [1.807, 2.05) is 0 Å². The summed E-state index contributed by atoms with van der Waals surface area (Å²) in [6.07, 6.45) is 0. The fourth-order valence-electron chi connectivity index (χ4n) is 9.86. The van der Waals surface area contributed by atoms with Crippen molar-refractivity contribution in [3.63, 3.8) is 0 Å². The molecule has 0 unspecified atom stereocenters. The lowest BCUT2D eigenvalue weighted by molar-refractivity contribution is 0.632. The number of nitrogens with zero attached hydrogens (tertiary/aromatic N) is 1. The van der Waals surface area contributed by atoms with Crippen LogP contribution in [-0.4, -0.2) is 0 Å². The van der Waals surface area contributed by atoms with Crippen LogP contribution in [0.1, 0.15) is 47.2 Å². The van der Waals surface area contributed by atoms with Crippen LogP contribution >= 0.6 is 0 Å². The molecule has 1 aliphatic heterocycles. The predicted molar refractivity (Wildman–Crippen MR) is 220 cm³/mol. The molecule has 0 atom stereocenters. The monoisotopic (exact) mass is 675 g/mol. The predicted octanol–water partition coefficient (Wildman–Crippen LogP) is 13.5. The fraction of sp³-hybridized carbons (Fsp3) is 0.0769. The molecule has 1 heterocycles. The smallest absolute Gasteiger partial charge is 0.0725 e. The minimum atomic E-state index is -0.362. The summed E-state index contributed by atoms with van der Waals surface area (Å²) in [6.45, 7) is 4.79. The number of hydrogen-bond donors (Lipinski definition) is 0. The molecule has 8 aromatic carbocycles. The molecule has 0 saturated carbocycles. The van der Waals surface area contributed by atoms with Crippen molar-refractivity contribution in [1.29, 1.82) is 0 Å². The molecule has 0 fully saturated rings. The Bertz CT molecular complexity index is 2690. The van der Waals surface area contributed by atoms with Gasteiger partial charge in [0.25, 0.3) is 0 Å². The molecule has 0 N–H and O–H groups in total. The van der Waals surface area contributed by atoms with Crippen LogP contribution in [0.25, 0.3) is 44.5 Å². The van der Waals surface area contributed by atoms with E-state index in [0.717, 1.165) is 0 Å². The van der Waals surface area contributed by atoms with Gasteiger partial charge >= 0.3 is 0 Å². The Balaban J connectivity index is 1.12. The van der Waals surface area contributed by atoms with Crippen molar-refractivity contribution in [3.05, 3.63) is 221 Å². The molecule has 1 nitrogen and oxygen atoms in total. The molecule has 1 heteroatoms. The summed E-state index contributed by atoms with van der Waals surface area (Å²) in [4.78, 5) is 2.45. The lowest BCUT2D eigenvalue weighted by Crippen LogP contribution is -2.30. The van der Waals surface area contributed by atoms with Gasteiger partial charge in [0.1, 0.15) is 0 Å². The van der Waals surface area contributed by atoms with Crippen LogP contribution < -0.4 is 4.90 Å². The van der Waals surface area contributed by atoms with Crippen molar-refractivity contribution in [2.75, 3.05) is 4.90 Å². The fourth-order valence-corrected chi connectivity index (χ4v) is 9.86. The largest absolute Gasteiger partial charge is 0.310 e. The molecule has 11 rings (SSSR count). The van der Waals surface area contributed by atoms with Gasteiger partial charge in [-0.3, -0.25) is 0 Å². The summed E-state index contributed by atoms with van der Waals surface area (Å²) in [7, 11) is 0. The van der Waals surface area contributed by atoms with E-state index in [0.29, 0.717) is 0 Å². The highest BCUT2D eigenvalue weighted by molar-refractivity contribution is 5.96. The molecule has 0 amide bonds. The average Bonchev–Trinajstić information content (AvgIpc) is 3.69. The van der Waals surface area contributed by atoms with E-state index in [4.69, 9.17) is 0 Å². The van der Waals surface area contributed by atoms with Gasteiger partial charge in [0.15, 0.2) is 0 Å². The zero-order valence-electron chi connectivity index (χ0n) is 29.8. The Kier molecular flexibility index (Phi) is 6.29. The molecule has 0 radical (unpaired) electrons. The van der Waals surface area contributed by atoms with Gasteiger partial charge in [-0.05, 0) is 120 Å². The van der Waals surface area contributed by atoms with Crippen LogP contribution in [0.15, 0.2) is 188 Å². The minimum Gasteiger partial charge on any atom is -0.310 e. The highest BCUT2D eigenvalue weighted by Crippen LogP contribution is 2.63. The van der Waals surface area contributed by atoms with Gasteiger partial charge in [-0.2, -0.15) is 0 Å². The van der Waals surface area contributed by atoms with Crippen LogP contribution in [0.2, 0.25) is 0 Å². The molecule has 250 valence electrons. The molecular weight excluding hydrogens is 639 g/mol. The Morgan fingerprint density at radius 3 is 1.25 bits per heavy atom. The van der Waals surface area contributed by atoms with Gasteiger partial charge < -0.3 is 4.90 Å². The normalized spacial score (nSPS) is 14.9. The van der Waals surface area contributed by atoms with Gasteiger partial charge in [-0.25, -0.2) is 0 Å². The third kappa shape index (κ3) is 4.08. The van der Waals surface area contributed by atoms with E-state index in [-0.39, 0.29) is 10.8 Å². The molecule has 0 aromatic heterocycles. The number of para-hydroxylation sites is 1. The first-order valence-corrected chi connectivity index (χ1v) is 18.7. The minimum absolute atomic E-state index is 0.242. The van der Waals surface area contributed by atoms with Crippen molar-refractivity contribution < 1.29 is 0 Å². The number of benzene rings is 8. The summed E-state index contributed by atoms with van der Waals surface area (Å²) >= 11 is 0. The van der Waals surface area contributed by atoms with Crippen LogP contribution in [0.4, 0.5) is 17.1 Å². The van der Waals surface area contributed by atoms with E-state index in [1.165, 1.54) is 95.0 Å². The van der Waals surface area contributed by atoms with Crippen molar-refractivity contribution in [3.8, 4) is 44.5 Å². The Hall–Kier alpha value is -6.44. The highest BCUT2D eigenvalue weighted by atomic mass is 15.2. The van der Waals surface area contributed by atoms with E-state index in [2.05, 4.69) is 207 Å². The van der Waals surface area contributed by atoms with E-state index in [1.54, 1.807) is 0 Å². The number of fused-ring (bicyclic) bond motifs is 12. The summed E-state index contributed by atoms with van der Waals surface area (Å²) in [5.74, 6) is 0. The van der Waals surface area contributed by atoms with Crippen LogP contribution in [0.3, 0.4) is 0 Å². The van der Waals surface area contributed by atoms with Crippen LogP contribution in [-0.2, 0) is 10.8 Å². The summed E-state index contributed by atoms with van der Waals surface area (Å²) in [5.41, 5.74) is 21.5. The number of rotatable bonds is 3. The Morgan fingerprint density at radius 1 is 0.321 bits per heavy atom. The average molecular weight is 676 g/mol. The second kappa shape index (κ2) is 11.0. The zero-order valence-corrected chi connectivity index (χ0v) is 29.8. The Morgan fingerprint density at radius 2 is 0.717 bits per heavy atom. The van der Waals surface area contributed by atoms with E-state index in [9.17, 15) is 0 Å². The quantitative estimate of drug-likeness (QED) is 0.180. The van der Waals surface area contributed by atoms with Gasteiger partial charge in [-0.1, -0.05) is 159 Å². The van der Waals surface area contributed by atoms with Crippen molar-refractivity contribution in [2.24, 2.45) is 0 Å². The molecule has 53 heavy (non-hydrogen) atoms. The van der Waals surface area contributed by atoms with E-state index >= 15 is 0 Å². The SMILES string of the molecule is CC1(C)c2cc(-c3ccccc3)ccc2N(c2ccccc2)c2ccc(-c3ccc4c(c3)C3(c5ccccc5-c5ccccc53)c3ccccc3-4)cc21. The lowest BCUT2D eigenvalue weighted by Gasteiger charge is -2.42. The van der Waals surface area contributed by atoms with Crippen LogP contribution in [0.5, 0.6) is 0 Å². The highest BCUT2D eigenvalue weighted by Gasteiger charge is 2.51. The number of hydrogen-bond acceptors (Lipinski definition) is 1. The standard InChI is InChI=1S/C52H37N/c1-51(2)47-32-35(34-15-5-3-6-16-34)26-29-49(47)53(38-17-7-4-8-18-38)50-30-27-37(33-48(50)51)36-25-28-42-41-21-11-14-24-45(41)52(46(42)31-36)43-22-12-9-19-39(43)40-20-10-13-23-44(40)52/h3-33H,1-2H3. The van der Waals surface area contributed by atoms with Crippen molar-refractivity contribution in [2.45, 2.75) is 24.7 Å². The van der Waals surface area contributed by atoms with E-state index < -0.39 is 0 Å². The molecule has 3 aliphatic rings. The summed E-state index contributed by atoms with van der Waals surface area (Å²) < 4.78 is 0. The van der Waals surface area contributed by atoms with Crippen LogP contribution in [0, 0.1) is 0 Å². The third-order valence-corrected chi connectivity index (χ3v) is 12.3.